The number of fused-ring (bicyclic) bond motifs is 1. The molecule has 2 rings (SSSR count). The average molecular weight is 285 g/mol. The second-order valence-corrected chi connectivity index (χ2v) is 6.04. The van der Waals surface area contributed by atoms with Crippen LogP contribution in [0.1, 0.15) is 32.6 Å². The standard InChI is InChI=1S/C13H19NO4S/c1-2-8-9-7-10(19-6-4-3-5-15)11(13(17)18)14(9)12(8)16/h8-9,15H,2-7H2,1H3,(H,17,18). The Kier molecular flexibility index (Phi) is 4.52. The molecule has 2 heterocycles. The highest BCUT2D eigenvalue weighted by Crippen LogP contribution is 2.46. The number of aliphatic hydroxyl groups is 1. The van der Waals surface area contributed by atoms with Gasteiger partial charge in [0.1, 0.15) is 5.70 Å². The Balaban J connectivity index is 2.04. The number of thioether (sulfide) groups is 1. The SMILES string of the molecule is CCC1C(=O)N2C(C(=O)O)=C(SCCCCO)CC12. The van der Waals surface area contributed by atoms with Crippen LogP contribution in [0.25, 0.3) is 0 Å². The van der Waals surface area contributed by atoms with E-state index < -0.39 is 5.97 Å². The van der Waals surface area contributed by atoms with Crippen molar-refractivity contribution in [3.05, 3.63) is 10.6 Å². The largest absolute Gasteiger partial charge is 0.477 e. The summed E-state index contributed by atoms with van der Waals surface area (Å²) in [6, 6.07) is 0.0592. The third kappa shape index (κ3) is 2.51. The Bertz CT molecular complexity index is 421. The van der Waals surface area contributed by atoms with Gasteiger partial charge >= 0.3 is 5.97 Å². The number of carboxylic acid groups (broad SMARTS) is 1. The van der Waals surface area contributed by atoms with Crippen molar-refractivity contribution in [2.45, 2.75) is 38.6 Å². The fourth-order valence-corrected chi connectivity index (χ4v) is 3.95. The number of amides is 1. The number of rotatable bonds is 7. The molecule has 0 aromatic carbocycles. The summed E-state index contributed by atoms with van der Waals surface area (Å²) in [6.45, 7) is 2.13. The molecule has 106 valence electrons. The third-order valence-electron chi connectivity index (χ3n) is 3.72. The van der Waals surface area contributed by atoms with Crippen molar-refractivity contribution in [2.75, 3.05) is 12.4 Å². The Labute approximate surface area is 116 Å². The predicted octanol–water partition coefficient (Wildman–Crippen LogP) is 1.43. The summed E-state index contributed by atoms with van der Waals surface area (Å²) < 4.78 is 0. The molecule has 19 heavy (non-hydrogen) atoms. The normalized spacial score (nSPS) is 25.6. The summed E-state index contributed by atoms with van der Waals surface area (Å²) in [5.74, 6) is -0.270. The lowest BCUT2D eigenvalue weighted by Crippen LogP contribution is -2.58. The smallest absolute Gasteiger partial charge is 0.353 e. The molecule has 0 aromatic rings. The van der Waals surface area contributed by atoms with Crippen LogP contribution in [0.4, 0.5) is 0 Å². The maximum atomic E-state index is 11.9. The Hall–Kier alpha value is -1.01. The molecular weight excluding hydrogens is 266 g/mol. The number of hydrogen-bond acceptors (Lipinski definition) is 4. The molecular formula is C13H19NO4S. The first kappa shape index (κ1) is 14.4. The maximum absolute atomic E-state index is 11.9. The fourth-order valence-electron chi connectivity index (χ4n) is 2.74. The van der Waals surface area contributed by atoms with Crippen LogP contribution in [0.3, 0.4) is 0 Å². The van der Waals surface area contributed by atoms with E-state index in [1.54, 1.807) is 0 Å². The lowest BCUT2D eigenvalue weighted by atomic mass is 9.85. The number of carbonyl (C=O) groups excluding carboxylic acids is 1. The molecule has 1 saturated heterocycles. The van der Waals surface area contributed by atoms with Crippen LogP contribution >= 0.6 is 11.8 Å². The molecule has 2 unspecified atom stereocenters. The monoisotopic (exact) mass is 285 g/mol. The molecule has 1 amide bonds. The summed E-state index contributed by atoms with van der Waals surface area (Å²) >= 11 is 1.52. The van der Waals surface area contributed by atoms with Gasteiger partial charge in [-0.15, -0.1) is 11.8 Å². The summed E-state index contributed by atoms with van der Waals surface area (Å²) in [4.78, 5) is 25.5. The van der Waals surface area contributed by atoms with E-state index in [1.807, 2.05) is 6.92 Å². The van der Waals surface area contributed by atoms with Crippen molar-refractivity contribution < 1.29 is 19.8 Å². The minimum Gasteiger partial charge on any atom is -0.477 e. The lowest BCUT2D eigenvalue weighted by Gasteiger charge is -2.42. The van der Waals surface area contributed by atoms with Gasteiger partial charge in [-0.25, -0.2) is 4.79 Å². The zero-order valence-electron chi connectivity index (χ0n) is 11.0. The number of nitrogens with zero attached hydrogens (tertiary/aromatic N) is 1. The molecule has 5 nitrogen and oxygen atoms in total. The zero-order chi connectivity index (χ0) is 14.0. The highest BCUT2D eigenvalue weighted by atomic mass is 32.2. The number of unbranched alkanes of at least 4 members (excludes halogenated alkanes) is 1. The highest BCUT2D eigenvalue weighted by molar-refractivity contribution is 8.03. The number of aliphatic hydroxyl groups excluding tert-OH is 1. The van der Waals surface area contributed by atoms with E-state index in [4.69, 9.17) is 5.11 Å². The van der Waals surface area contributed by atoms with Crippen LogP contribution < -0.4 is 0 Å². The minimum atomic E-state index is -1.00. The number of β-lactam (4-membered cyclic amide) rings is 1. The van der Waals surface area contributed by atoms with Crippen LogP contribution in [0, 0.1) is 5.92 Å². The molecule has 2 aliphatic rings. The van der Waals surface area contributed by atoms with Crippen molar-refractivity contribution >= 4 is 23.6 Å². The van der Waals surface area contributed by atoms with Crippen LogP contribution in [0.15, 0.2) is 10.6 Å². The molecule has 2 N–H and O–H groups in total. The highest BCUT2D eigenvalue weighted by Gasteiger charge is 2.54. The van der Waals surface area contributed by atoms with E-state index in [-0.39, 0.29) is 30.2 Å². The molecule has 1 fully saturated rings. The topological polar surface area (TPSA) is 77.8 Å². The van der Waals surface area contributed by atoms with E-state index in [1.165, 1.54) is 16.7 Å². The van der Waals surface area contributed by atoms with Gasteiger partial charge in [0.15, 0.2) is 0 Å². The molecule has 2 atom stereocenters. The maximum Gasteiger partial charge on any atom is 0.353 e. The number of carboxylic acids is 1. The van der Waals surface area contributed by atoms with Crippen molar-refractivity contribution in [1.82, 2.24) is 4.90 Å². The first-order valence-corrected chi connectivity index (χ1v) is 7.63. The van der Waals surface area contributed by atoms with Crippen molar-refractivity contribution in [1.29, 1.82) is 0 Å². The molecule has 0 aromatic heterocycles. The van der Waals surface area contributed by atoms with Gasteiger partial charge in [-0.1, -0.05) is 6.92 Å². The molecule has 0 saturated carbocycles. The fraction of sp³-hybridized carbons (Fsp3) is 0.692. The Morgan fingerprint density at radius 3 is 2.79 bits per heavy atom. The van der Waals surface area contributed by atoms with Crippen LogP contribution in [-0.4, -0.2) is 45.4 Å². The van der Waals surface area contributed by atoms with E-state index >= 15 is 0 Å². The van der Waals surface area contributed by atoms with E-state index in [9.17, 15) is 14.7 Å². The summed E-state index contributed by atoms with van der Waals surface area (Å²) in [6.07, 6.45) is 3.03. The minimum absolute atomic E-state index is 0.00936. The van der Waals surface area contributed by atoms with Crippen molar-refractivity contribution in [3.63, 3.8) is 0 Å². The molecule has 0 aliphatic carbocycles. The molecule has 0 bridgehead atoms. The van der Waals surface area contributed by atoms with Gasteiger partial charge < -0.3 is 15.1 Å². The third-order valence-corrected chi connectivity index (χ3v) is 4.92. The molecule has 0 radical (unpaired) electrons. The predicted molar refractivity (Wildman–Crippen MR) is 72.5 cm³/mol. The van der Waals surface area contributed by atoms with Crippen LogP contribution in [-0.2, 0) is 9.59 Å². The quantitative estimate of drug-likeness (QED) is 0.546. The van der Waals surface area contributed by atoms with Gasteiger partial charge in [-0.3, -0.25) is 4.79 Å². The van der Waals surface area contributed by atoms with Gasteiger partial charge in [-0.2, -0.15) is 0 Å². The molecule has 0 spiro atoms. The van der Waals surface area contributed by atoms with Crippen LogP contribution in [0.5, 0.6) is 0 Å². The second-order valence-electron chi connectivity index (χ2n) is 4.85. The van der Waals surface area contributed by atoms with E-state index in [2.05, 4.69) is 0 Å². The zero-order valence-corrected chi connectivity index (χ0v) is 11.8. The summed E-state index contributed by atoms with van der Waals surface area (Å²) in [7, 11) is 0. The number of carbonyl (C=O) groups is 2. The second kappa shape index (κ2) is 5.96. The van der Waals surface area contributed by atoms with Gasteiger partial charge in [0, 0.05) is 17.9 Å². The first-order valence-electron chi connectivity index (χ1n) is 6.65. The number of aliphatic carboxylic acids is 1. The molecule has 2 aliphatic heterocycles. The Morgan fingerprint density at radius 1 is 1.47 bits per heavy atom. The number of hydrogen-bond donors (Lipinski definition) is 2. The van der Waals surface area contributed by atoms with Crippen LogP contribution in [0.2, 0.25) is 0 Å². The lowest BCUT2D eigenvalue weighted by molar-refractivity contribution is -0.155. The average Bonchev–Trinajstić information content (AvgIpc) is 2.70. The van der Waals surface area contributed by atoms with Gasteiger partial charge in [0.05, 0.1) is 12.0 Å². The summed E-state index contributed by atoms with van der Waals surface area (Å²) in [5.41, 5.74) is 0.189. The summed E-state index contributed by atoms with van der Waals surface area (Å²) in [5, 5.41) is 18.0. The van der Waals surface area contributed by atoms with Gasteiger partial charge in [-0.05, 0) is 25.0 Å². The van der Waals surface area contributed by atoms with Crippen molar-refractivity contribution in [3.8, 4) is 0 Å². The molecule has 6 heteroatoms. The Morgan fingerprint density at radius 2 is 2.21 bits per heavy atom. The van der Waals surface area contributed by atoms with Crippen molar-refractivity contribution in [2.24, 2.45) is 5.92 Å². The first-order chi connectivity index (χ1) is 9.11. The van der Waals surface area contributed by atoms with E-state index in [0.717, 1.165) is 29.9 Å². The van der Waals surface area contributed by atoms with Gasteiger partial charge in [0.25, 0.3) is 0 Å². The van der Waals surface area contributed by atoms with E-state index in [0.29, 0.717) is 6.42 Å². The van der Waals surface area contributed by atoms with Gasteiger partial charge in [0.2, 0.25) is 5.91 Å².